The Bertz CT molecular complexity index is 903. The number of nitrogens with zero attached hydrogens (tertiary/aromatic N) is 1. The summed E-state index contributed by atoms with van der Waals surface area (Å²) in [5.74, 6) is 0.476. The maximum Gasteiger partial charge on any atom is 0.311 e. The molecule has 0 atom stereocenters. The van der Waals surface area contributed by atoms with Crippen molar-refractivity contribution in [3.63, 3.8) is 0 Å². The molecule has 0 N–H and O–H groups in total. The average Bonchev–Trinajstić information content (AvgIpc) is 3.21. The van der Waals surface area contributed by atoms with E-state index in [4.69, 9.17) is 9.47 Å². The summed E-state index contributed by atoms with van der Waals surface area (Å²) in [6, 6.07) is 14.3. The summed E-state index contributed by atoms with van der Waals surface area (Å²) in [6.45, 7) is 4.40. The van der Waals surface area contributed by atoms with Gasteiger partial charge in [-0.05, 0) is 50.6 Å². The molecule has 2 aromatic heterocycles. The molecule has 1 aromatic carbocycles. The highest BCUT2D eigenvalue weighted by Crippen LogP contribution is 2.33. The van der Waals surface area contributed by atoms with Gasteiger partial charge in [0.05, 0.1) is 24.6 Å². The van der Waals surface area contributed by atoms with Crippen LogP contribution >= 0.6 is 11.3 Å². The van der Waals surface area contributed by atoms with Gasteiger partial charge in [0.2, 0.25) is 5.88 Å². The number of ether oxygens (including phenoxy) is 2. The molecule has 2 heterocycles. The summed E-state index contributed by atoms with van der Waals surface area (Å²) in [5, 5.41) is 3.21. The second kappa shape index (κ2) is 8.53. The van der Waals surface area contributed by atoms with Crippen LogP contribution in [0.15, 0.2) is 47.8 Å². The maximum absolute atomic E-state index is 11.7. The van der Waals surface area contributed by atoms with Gasteiger partial charge in [0.15, 0.2) is 0 Å². The van der Waals surface area contributed by atoms with Crippen LogP contribution in [0, 0.1) is 5.41 Å². The molecule has 0 spiro atoms. The van der Waals surface area contributed by atoms with Crippen LogP contribution in [0.5, 0.6) is 5.88 Å². The second-order valence-corrected chi connectivity index (χ2v) is 8.13. The summed E-state index contributed by atoms with van der Waals surface area (Å²) in [4.78, 5) is 17.6. The summed E-state index contributed by atoms with van der Waals surface area (Å²) >= 11 is 1.71. The van der Waals surface area contributed by atoms with Gasteiger partial charge in [-0.15, -0.1) is 11.3 Å². The molecule has 5 heteroatoms. The lowest BCUT2D eigenvalue weighted by atomic mass is 9.87. The summed E-state index contributed by atoms with van der Waals surface area (Å²) in [5.41, 5.74) is 1.63. The molecule has 0 fully saturated rings. The lowest BCUT2D eigenvalue weighted by Gasteiger charge is -2.21. The minimum absolute atomic E-state index is 0.166. The van der Waals surface area contributed by atoms with Crippen molar-refractivity contribution in [2.24, 2.45) is 5.41 Å². The molecule has 0 aliphatic rings. The fourth-order valence-electron chi connectivity index (χ4n) is 3.08. The molecule has 0 amide bonds. The Hall–Kier alpha value is -2.40. The zero-order chi connectivity index (χ0) is 19.3. The number of para-hydroxylation sites is 1. The van der Waals surface area contributed by atoms with Crippen molar-refractivity contribution in [3.8, 4) is 16.3 Å². The van der Waals surface area contributed by atoms with E-state index in [2.05, 4.69) is 28.6 Å². The van der Waals surface area contributed by atoms with E-state index < -0.39 is 5.41 Å². The number of thiophene rings is 1. The molecule has 0 aliphatic heterocycles. The van der Waals surface area contributed by atoms with Crippen LogP contribution < -0.4 is 4.74 Å². The number of fused-ring (bicyclic) bond motifs is 1. The number of benzene rings is 1. The number of hydrogen-bond donors (Lipinski definition) is 0. The largest absolute Gasteiger partial charge is 0.478 e. The highest BCUT2D eigenvalue weighted by molar-refractivity contribution is 7.13. The molecule has 0 unspecified atom stereocenters. The van der Waals surface area contributed by atoms with E-state index in [-0.39, 0.29) is 5.97 Å². The van der Waals surface area contributed by atoms with Crippen LogP contribution in [0.3, 0.4) is 0 Å². The number of methoxy groups -OCH3 is 1. The van der Waals surface area contributed by atoms with Crippen molar-refractivity contribution in [3.05, 3.63) is 47.8 Å². The molecular formula is C22H25NO3S. The van der Waals surface area contributed by atoms with Crippen molar-refractivity contribution in [2.45, 2.75) is 33.1 Å². The van der Waals surface area contributed by atoms with Gasteiger partial charge < -0.3 is 9.47 Å². The third-order valence-electron chi connectivity index (χ3n) is 4.66. The van der Waals surface area contributed by atoms with Crippen molar-refractivity contribution in [1.29, 1.82) is 0 Å². The zero-order valence-electron chi connectivity index (χ0n) is 16.0. The number of pyridine rings is 1. The number of carbonyl (C=O) groups is 1. The summed E-state index contributed by atoms with van der Waals surface area (Å²) in [6.07, 6.45) is 2.53. The Kier molecular flexibility index (Phi) is 6.11. The van der Waals surface area contributed by atoms with Gasteiger partial charge >= 0.3 is 5.97 Å². The number of hydrogen-bond acceptors (Lipinski definition) is 5. The third kappa shape index (κ3) is 4.66. The first kappa shape index (κ1) is 19.4. The second-order valence-electron chi connectivity index (χ2n) is 7.18. The smallest absolute Gasteiger partial charge is 0.311 e. The Morgan fingerprint density at radius 3 is 2.70 bits per heavy atom. The third-order valence-corrected chi connectivity index (χ3v) is 5.57. The van der Waals surface area contributed by atoms with Crippen molar-refractivity contribution < 1.29 is 14.3 Å². The fourth-order valence-corrected chi connectivity index (χ4v) is 3.84. The van der Waals surface area contributed by atoms with E-state index in [0.29, 0.717) is 12.5 Å². The Morgan fingerprint density at radius 2 is 1.96 bits per heavy atom. The van der Waals surface area contributed by atoms with Crippen LogP contribution in [-0.2, 0) is 9.53 Å². The van der Waals surface area contributed by atoms with Gasteiger partial charge in [-0.3, -0.25) is 4.79 Å². The standard InChI is InChI=1S/C22H25NO3S/c1-22(2,21(24)25-3)12-6-7-13-26-20-15-17(19-11-8-14-27-19)16-9-4-5-10-18(16)23-20/h4-5,8-11,14-15H,6-7,12-13H2,1-3H3. The van der Waals surface area contributed by atoms with Crippen LogP contribution in [0.25, 0.3) is 21.3 Å². The van der Waals surface area contributed by atoms with Crippen molar-refractivity contribution >= 4 is 28.2 Å². The lowest BCUT2D eigenvalue weighted by molar-refractivity contribution is -0.151. The number of aromatic nitrogens is 1. The highest BCUT2D eigenvalue weighted by Gasteiger charge is 2.27. The highest BCUT2D eigenvalue weighted by atomic mass is 32.1. The van der Waals surface area contributed by atoms with Crippen LogP contribution in [0.4, 0.5) is 0 Å². The molecule has 0 bridgehead atoms. The predicted molar refractivity (Wildman–Crippen MR) is 110 cm³/mol. The van der Waals surface area contributed by atoms with E-state index in [1.165, 1.54) is 12.0 Å². The Balaban J connectivity index is 1.65. The van der Waals surface area contributed by atoms with Crippen molar-refractivity contribution in [2.75, 3.05) is 13.7 Å². The number of esters is 1. The van der Waals surface area contributed by atoms with E-state index in [1.54, 1.807) is 11.3 Å². The molecule has 3 aromatic rings. The van der Waals surface area contributed by atoms with Gasteiger partial charge in [-0.25, -0.2) is 4.98 Å². The van der Waals surface area contributed by atoms with Gasteiger partial charge in [0, 0.05) is 21.9 Å². The molecule has 3 rings (SSSR count). The minimum atomic E-state index is -0.456. The van der Waals surface area contributed by atoms with E-state index >= 15 is 0 Å². The van der Waals surface area contributed by atoms with Gasteiger partial charge in [0.1, 0.15) is 0 Å². The molecule has 0 saturated heterocycles. The first-order valence-corrected chi connectivity index (χ1v) is 10.0. The van der Waals surface area contributed by atoms with Gasteiger partial charge in [0.25, 0.3) is 0 Å². The Labute approximate surface area is 164 Å². The molecule has 4 nitrogen and oxygen atoms in total. The van der Waals surface area contributed by atoms with Crippen LogP contribution in [-0.4, -0.2) is 24.7 Å². The van der Waals surface area contributed by atoms with Crippen LogP contribution in [0.2, 0.25) is 0 Å². The number of carbonyl (C=O) groups excluding carboxylic acids is 1. The fraction of sp³-hybridized carbons (Fsp3) is 0.364. The van der Waals surface area contributed by atoms with Gasteiger partial charge in [-0.2, -0.15) is 0 Å². The first-order valence-electron chi connectivity index (χ1n) is 9.16. The SMILES string of the molecule is COC(=O)C(C)(C)CCCCOc1cc(-c2cccs2)c2ccccc2n1. The van der Waals surface area contributed by atoms with E-state index in [9.17, 15) is 4.79 Å². The maximum atomic E-state index is 11.7. The normalized spacial score (nSPS) is 11.5. The molecule has 142 valence electrons. The molecule has 0 radical (unpaired) electrons. The van der Waals surface area contributed by atoms with E-state index in [0.717, 1.165) is 35.7 Å². The molecule has 0 saturated carbocycles. The topological polar surface area (TPSA) is 48.4 Å². The van der Waals surface area contributed by atoms with Crippen LogP contribution in [0.1, 0.15) is 33.1 Å². The van der Waals surface area contributed by atoms with Crippen molar-refractivity contribution in [1.82, 2.24) is 4.98 Å². The lowest BCUT2D eigenvalue weighted by Crippen LogP contribution is -2.25. The predicted octanol–water partition coefficient (Wildman–Crippen LogP) is 5.71. The molecule has 27 heavy (non-hydrogen) atoms. The number of rotatable bonds is 8. The van der Waals surface area contributed by atoms with Gasteiger partial charge in [-0.1, -0.05) is 24.3 Å². The summed E-state index contributed by atoms with van der Waals surface area (Å²) < 4.78 is 10.8. The molecule has 0 aliphatic carbocycles. The van der Waals surface area contributed by atoms with E-state index in [1.807, 2.05) is 38.1 Å². The monoisotopic (exact) mass is 383 g/mol. The minimum Gasteiger partial charge on any atom is -0.478 e. The average molecular weight is 384 g/mol. The zero-order valence-corrected chi connectivity index (χ0v) is 16.8. The molecular weight excluding hydrogens is 358 g/mol. The summed E-state index contributed by atoms with van der Waals surface area (Å²) in [7, 11) is 1.43. The number of unbranched alkanes of at least 4 members (excludes halogenated alkanes) is 1. The Morgan fingerprint density at radius 1 is 1.15 bits per heavy atom. The quantitative estimate of drug-likeness (QED) is 0.369. The first-order chi connectivity index (χ1) is 13.0.